The monoisotopic (exact) mass is 372 g/mol. The molecular formula is C13H14BrClN4O2. The van der Waals surface area contributed by atoms with Crippen molar-refractivity contribution in [2.75, 3.05) is 11.9 Å². The maximum absolute atomic E-state index is 11.8. The molecule has 0 saturated carbocycles. The minimum Gasteiger partial charge on any atom is -0.370 e. The zero-order valence-electron chi connectivity index (χ0n) is 11.3. The zero-order valence-corrected chi connectivity index (χ0v) is 13.7. The van der Waals surface area contributed by atoms with E-state index in [0.717, 1.165) is 13.0 Å². The van der Waals surface area contributed by atoms with E-state index in [1.54, 1.807) is 12.1 Å². The van der Waals surface area contributed by atoms with Crippen LogP contribution in [0.5, 0.6) is 0 Å². The van der Waals surface area contributed by atoms with E-state index in [1.165, 1.54) is 10.8 Å². The van der Waals surface area contributed by atoms with Gasteiger partial charge in [0.25, 0.3) is 5.56 Å². The van der Waals surface area contributed by atoms with E-state index in [9.17, 15) is 9.59 Å². The lowest BCUT2D eigenvalue weighted by Crippen LogP contribution is -2.30. The molecule has 2 heterocycles. The van der Waals surface area contributed by atoms with Crippen molar-refractivity contribution < 1.29 is 0 Å². The molecule has 2 aromatic rings. The standard InChI is InChI=1S/C13H14BrClN4O2/c1-2-5-16-11-4-3-9(15)10(17-11)7-19-6-8(14)12(20)18-13(19)21/h3-4,6H,2,5,7H2,1H3,(H,16,17)(H,18,20,21). The summed E-state index contributed by atoms with van der Waals surface area (Å²) in [5.41, 5.74) is -0.416. The van der Waals surface area contributed by atoms with Crippen molar-refractivity contribution >= 4 is 33.3 Å². The van der Waals surface area contributed by atoms with Gasteiger partial charge in [-0.05, 0) is 34.5 Å². The fourth-order valence-corrected chi connectivity index (χ4v) is 2.22. The van der Waals surface area contributed by atoms with Gasteiger partial charge in [-0.1, -0.05) is 18.5 Å². The zero-order chi connectivity index (χ0) is 15.4. The summed E-state index contributed by atoms with van der Waals surface area (Å²) >= 11 is 9.21. The second kappa shape index (κ2) is 6.91. The van der Waals surface area contributed by atoms with Crippen molar-refractivity contribution in [1.82, 2.24) is 14.5 Å². The second-order valence-corrected chi connectivity index (χ2v) is 5.68. The van der Waals surface area contributed by atoms with Crippen LogP contribution in [0.1, 0.15) is 19.0 Å². The van der Waals surface area contributed by atoms with Gasteiger partial charge in [0.15, 0.2) is 0 Å². The van der Waals surface area contributed by atoms with Gasteiger partial charge in [-0.15, -0.1) is 0 Å². The van der Waals surface area contributed by atoms with Crippen LogP contribution in [0.25, 0.3) is 0 Å². The topological polar surface area (TPSA) is 79.8 Å². The van der Waals surface area contributed by atoms with E-state index in [2.05, 4.69) is 38.1 Å². The van der Waals surface area contributed by atoms with E-state index in [4.69, 9.17) is 11.6 Å². The molecule has 21 heavy (non-hydrogen) atoms. The molecule has 0 aromatic carbocycles. The number of nitrogens with zero attached hydrogens (tertiary/aromatic N) is 2. The average Bonchev–Trinajstić information content (AvgIpc) is 2.45. The smallest absolute Gasteiger partial charge is 0.328 e. The maximum atomic E-state index is 11.8. The molecule has 0 radical (unpaired) electrons. The third-order valence-electron chi connectivity index (χ3n) is 2.76. The molecule has 0 saturated heterocycles. The van der Waals surface area contributed by atoms with Crippen LogP contribution < -0.4 is 16.6 Å². The average molecular weight is 374 g/mol. The van der Waals surface area contributed by atoms with Gasteiger partial charge in [0.1, 0.15) is 5.82 Å². The molecule has 2 rings (SSSR count). The quantitative estimate of drug-likeness (QED) is 0.842. The van der Waals surface area contributed by atoms with Gasteiger partial charge < -0.3 is 5.32 Å². The summed E-state index contributed by atoms with van der Waals surface area (Å²) in [5, 5.41) is 3.62. The van der Waals surface area contributed by atoms with E-state index >= 15 is 0 Å². The number of aromatic nitrogens is 3. The van der Waals surface area contributed by atoms with Crippen LogP contribution in [0.15, 0.2) is 32.4 Å². The Morgan fingerprint density at radius 3 is 2.90 bits per heavy atom. The summed E-state index contributed by atoms with van der Waals surface area (Å²) in [5.74, 6) is 0.702. The highest BCUT2D eigenvalue weighted by Crippen LogP contribution is 2.17. The Kier molecular flexibility index (Phi) is 5.19. The van der Waals surface area contributed by atoms with Crippen molar-refractivity contribution in [3.8, 4) is 0 Å². The maximum Gasteiger partial charge on any atom is 0.328 e. The summed E-state index contributed by atoms with van der Waals surface area (Å²) < 4.78 is 1.61. The number of anilines is 1. The van der Waals surface area contributed by atoms with Crippen LogP contribution >= 0.6 is 27.5 Å². The predicted molar refractivity (Wildman–Crippen MR) is 86.2 cm³/mol. The lowest BCUT2D eigenvalue weighted by Gasteiger charge is -2.10. The Morgan fingerprint density at radius 1 is 1.43 bits per heavy atom. The molecule has 6 nitrogen and oxygen atoms in total. The lowest BCUT2D eigenvalue weighted by atomic mass is 10.3. The third kappa shape index (κ3) is 3.95. The van der Waals surface area contributed by atoms with Crippen molar-refractivity contribution in [2.45, 2.75) is 19.9 Å². The molecule has 2 aromatic heterocycles. The van der Waals surface area contributed by atoms with E-state index in [0.29, 0.717) is 16.5 Å². The molecule has 0 aliphatic heterocycles. The summed E-state index contributed by atoms with van der Waals surface area (Å²) in [6.45, 7) is 3.04. The van der Waals surface area contributed by atoms with Gasteiger partial charge in [-0.25, -0.2) is 9.78 Å². The van der Waals surface area contributed by atoms with Crippen LogP contribution in [-0.4, -0.2) is 21.1 Å². The summed E-state index contributed by atoms with van der Waals surface area (Å²) in [6, 6.07) is 3.51. The van der Waals surface area contributed by atoms with Crippen LogP contribution in [0.3, 0.4) is 0 Å². The molecule has 0 fully saturated rings. The van der Waals surface area contributed by atoms with Crippen molar-refractivity contribution in [2.24, 2.45) is 0 Å². The Bertz CT molecular complexity index is 757. The first-order chi connectivity index (χ1) is 10.0. The number of hydrogen-bond acceptors (Lipinski definition) is 4. The van der Waals surface area contributed by atoms with Crippen molar-refractivity contribution in [3.63, 3.8) is 0 Å². The first-order valence-corrected chi connectivity index (χ1v) is 7.57. The number of pyridine rings is 1. The molecule has 0 aliphatic carbocycles. The van der Waals surface area contributed by atoms with Gasteiger partial charge in [0.05, 0.1) is 21.7 Å². The fourth-order valence-electron chi connectivity index (χ4n) is 1.71. The Hall–Kier alpha value is -1.60. The molecule has 0 spiro atoms. The highest BCUT2D eigenvalue weighted by molar-refractivity contribution is 9.10. The first kappa shape index (κ1) is 15.8. The largest absolute Gasteiger partial charge is 0.370 e. The second-order valence-electron chi connectivity index (χ2n) is 4.42. The normalized spacial score (nSPS) is 10.6. The number of hydrogen-bond donors (Lipinski definition) is 2. The number of rotatable bonds is 5. The van der Waals surface area contributed by atoms with E-state index in [-0.39, 0.29) is 11.0 Å². The number of aromatic amines is 1. The number of halogens is 2. The molecule has 0 unspecified atom stereocenters. The molecular weight excluding hydrogens is 360 g/mol. The van der Waals surface area contributed by atoms with Gasteiger partial charge in [-0.2, -0.15) is 0 Å². The van der Waals surface area contributed by atoms with Crippen LogP contribution in [0.4, 0.5) is 5.82 Å². The molecule has 0 atom stereocenters. The number of nitrogens with one attached hydrogen (secondary N) is 2. The van der Waals surface area contributed by atoms with Gasteiger partial charge in [-0.3, -0.25) is 14.3 Å². The van der Waals surface area contributed by atoms with E-state index in [1.807, 2.05) is 0 Å². The van der Waals surface area contributed by atoms with E-state index < -0.39 is 11.2 Å². The SMILES string of the molecule is CCCNc1ccc(Cl)c(Cn2cc(Br)c(=O)[nH]c2=O)n1. The Balaban J connectivity index is 2.32. The molecule has 0 aliphatic rings. The number of H-pyrrole nitrogens is 1. The fraction of sp³-hybridized carbons (Fsp3) is 0.308. The Labute approximate surface area is 134 Å². The first-order valence-electron chi connectivity index (χ1n) is 6.40. The molecule has 112 valence electrons. The summed E-state index contributed by atoms with van der Waals surface area (Å²) in [6.07, 6.45) is 2.40. The molecule has 0 amide bonds. The highest BCUT2D eigenvalue weighted by atomic mass is 79.9. The van der Waals surface area contributed by atoms with Gasteiger partial charge >= 0.3 is 5.69 Å². The predicted octanol–water partition coefficient (Wildman–Crippen LogP) is 2.22. The summed E-state index contributed by atoms with van der Waals surface area (Å²) in [7, 11) is 0. The van der Waals surface area contributed by atoms with Crippen molar-refractivity contribution in [3.05, 3.63) is 54.4 Å². The van der Waals surface area contributed by atoms with Gasteiger partial charge in [0.2, 0.25) is 0 Å². The summed E-state index contributed by atoms with van der Waals surface area (Å²) in [4.78, 5) is 29.7. The third-order valence-corrected chi connectivity index (χ3v) is 3.67. The van der Waals surface area contributed by atoms with Crippen LogP contribution in [-0.2, 0) is 6.54 Å². The van der Waals surface area contributed by atoms with Gasteiger partial charge in [0, 0.05) is 12.7 Å². The highest BCUT2D eigenvalue weighted by Gasteiger charge is 2.08. The molecule has 2 N–H and O–H groups in total. The lowest BCUT2D eigenvalue weighted by molar-refractivity contribution is 0.701. The molecule has 8 heteroatoms. The van der Waals surface area contributed by atoms with Crippen LogP contribution in [0.2, 0.25) is 5.02 Å². The Morgan fingerprint density at radius 2 is 2.19 bits per heavy atom. The minimum atomic E-state index is -0.506. The molecule has 0 bridgehead atoms. The minimum absolute atomic E-state index is 0.175. The van der Waals surface area contributed by atoms with Crippen LogP contribution in [0, 0.1) is 0 Å². The van der Waals surface area contributed by atoms with Crippen molar-refractivity contribution in [1.29, 1.82) is 0 Å².